The van der Waals surface area contributed by atoms with Crippen LogP contribution in [0.4, 0.5) is 11.1 Å². The van der Waals surface area contributed by atoms with Crippen molar-refractivity contribution in [2.75, 3.05) is 63.2 Å². The van der Waals surface area contributed by atoms with E-state index in [0.717, 1.165) is 62.7 Å². The van der Waals surface area contributed by atoms with Crippen molar-refractivity contribution >= 4 is 22.6 Å². The lowest BCUT2D eigenvalue weighted by molar-refractivity contribution is 0.0241. The summed E-state index contributed by atoms with van der Waals surface area (Å²) in [6, 6.07) is 2.52. The molecular formula is C16H24N8S. The quantitative estimate of drug-likeness (QED) is 0.759. The molecule has 0 spiro atoms. The molecule has 0 aliphatic carbocycles. The number of anilines is 2. The Labute approximate surface area is 152 Å². The van der Waals surface area contributed by atoms with E-state index in [0.29, 0.717) is 6.04 Å². The van der Waals surface area contributed by atoms with E-state index < -0.39 is 0 Å². The molecule has 2 aliphatic heterocycles. The summed E-state index contributed by atoms with van der Waals surface area (Å²) < 4.78 is 4.45. The Morgan fingerprint density at radius 3 is 2.48 bits per heavy atom. The van der Waals surface area contributed by atoms with Crippen LogP contribution in [0.25, 0.3) is 0 Å². The number of likely N-dealkylation sites (tertiary alicyclic amines) is 1. The zero-order chi connectivity index (χ0) is 17.2. The molecule has 0 unspecified atom stereocenters. The van der Waals surface area contributed by atoms with Crippen LogP contribution in [0.5, 0.6) is 0 Å². The van der Waals surface area contributed by atoms with Gasteiger partial charge in [-0.05, 0) is 6.07 Å². The SMILES string of the molecule is CN(C)c1nc(CN2CC(N3CCN(c4ncccn4)CC3)C2)ns1. The van der Waals surface area contributed by atoms with Gasteiger partial charge in [0.2, 0.25) is 11.1 Å². The van der Waals surface area contributed by atoms with Gasteiger partial charge in [-0.2, -0.15) is 4.37 Å². The standard InChI is InChI=1S/C16H24N8S/c1-21(2)16-19-14(20-25-16)12-22-10-13(11-22)23-6-8-24(9-7-23)15-17-4-3-5-18-15/h3-5,13H,6-12H2,1-2H3. The van der Waals surface area contributed by atoms with E-state index in [9.17, 15) is 0 Å². The first-order valence-corrected chi connectivity index (χ1v) is 9.44. The van der Waals surface area contributed by atoms with E-state index in [1.54, 1.807) is 0 Å². The number of hydrogen-bond donors (Lipinski definition) is 0. The highest BCUT2D eigenvalue weighted by molar-refractivity contribution is 7.09. The fraction of sp³-hybridized carbons (Fsp3) is 0.625. The maximum absolute atomic E-state index is 4.57. The largest absolute Gasteiger partial charge is 0.353 e. The smallest absolute Gasteiger partial charge is 0.225 e. The molecule has 0 aromatic carbocycles. The summed E-state index contributed by atoms with van der Waals surface area (Å²) in [4.78, 5) is 22.6. The predicted octanol–water partition coefficient (Wildman–Crippen LogP) is 0.401. The topological polar surface area (TPSA) is 64.5 Å². The van der Waals surface area contributed by atoms with Crippen molar-refractivity contribution in [3.63, 3.8) is 0 Å². The van der Waals surface area contributed by atoms with Crippen molar-refractivity contribution in [3.05, 3.63) is 24.3 Å². The maximum Gasteiger partial charge on any atom is 0.225 e. The molecule has 0 N–H and O–H groups in total. The lowest BCUT2D eigenvalue weighted by atomic mass is 10.1. The predicted molar refractivity (Wildman–Crippen MR) is 99.1 cm³/mol. The molecule has 0 bridgehead atoms. The molecule has 134 valence electrons. The first-order chi connectivity index (χ1) is 12.2. The average Bonchev–Trinajstić information content (AvgIpc) is 3.08. The fourth-order valence-corrected chi connectivity index (χ4v) is 3.93. The molecular weight excluding hydrogens is 336 g/mol. The Hall–Kier alpha value is -1.84. The highest BCUT2D eigenvalue weighted by Gasteiger charge is 2.34. The molecule has 2 aromatic rings. The summed E-state index contributed by atoms with van der Waals surface area (Å²) >= 11 is 1.47. The van der Waals surface area contributed by atoms with Gasteiger partial charge in [-0.25, -0.2) is 15.0 Å². The van der Waals surface area contributed by atoms with Crippen LogP contribution in [-0.4, -0.2) is 88.5 Å². The van der Waals surface area contributed by atoms with Gasteiger partial charge in [0.1, 0.15) is 0 Å². The molecule has 2 aliphatic rings. The minimum absolute atomic E-state index is 0.658. The van der Waals surface area contributed by atoms with Gasteiger partial charge in [0.05, 0.1) is 6.54 Å². The minimum atomic E-state index is 0.658. The zero-order valence-corrected chi connectivity index (χ0v) is 15.6. The normalized spacial score (nSPS) is 19.8. The molecule has 4 heterocycles. The third-order valence-electron chi connectivity index (χ3n) is 4.81. The molecule has 0 atom stereocenters. The van der Waals surface area contributed by atoms with Gasteiger partial charge < -0.3 is 9.80 Å². The van der Waals surface area contributed by atoms with Crippen LogP contribution >= 0.6 is 11.5 Å². The molecule has 0 saturated carbocycles. The van der Waals surface area contributed by atoms with E-state index in [1.165, 1.54) is 11.5 Å². The Balaban J connectivity index is 1.22. The van der Waals surface area contributed by atoms with Crippen LogP contribution in [-0.2, 0) is 6.54 Å². The second-order valence-corrected chi connectivity index (χ2v) is 7.54. The third-order valence-corrected chi connectivity index (χ3v) is 5.73. The van der Waals surface area contributed by atoms with Crippen LogP contribution in [0, 0.1) is 0 Å². The van der Waals surface area contributed by atoms with Gasteiger partial charge in [-0.15, -0.1) is 0 Å². The molecule has 8 nitrogen and oxygen atoms in total. The van der Waals surface area contributed by atoms with Gasteiger partial charge in [0.25, 0.3) is 0 Å². The van der Waals surface area contributed by atoms with Gasteiger partial charge >= 0.3 is 0 Å². The summed E-state index contributed by atoms with van der Waals surface area (Å²) in [5.74, 6) is 1.79. The third kappa shape index (κ3) is 3.73. The molecule has 4 rings (SSSR count). The first kappa shape index (κ1) is 16.6. The Morgan fingerprint density at radius 2 is 1.84 bits per heavy atom. The molecule has 0 amide bonds. The fourth-order valence-electron chi connectivity index (χ4n) is 3.33. The lowest BCUT2D eigenvalue weighted by Crippen LogP contribution is -2.62. The lowest BCUT2D eigenvalue weighted by Gasteiger charge is -2.47. The van der Waals surface area contributed by atoms with Gasteiger partial charge in [0.15, 0.2) is 5.82 Å². The Morgan fingerprint density at radius 1 is 1.12 bits per heavy atom. The summed E-state index contributed by atoms with van der Waals surface area (Å²) in [7, 11) is 4.01. The average molecular weight is 360 g/mol. The van der Waals surface area contributed by atoms with Crippen LogP contribution in [0.2, 0.25) is 0 Å². The van der Waals surface area contributed by atoms with E-state index in [1.807, 2.05) is 37.5 Å². The van der Waals surface area contributed by atoms with Crippen molar-refractivity contribution in [1.82, 2.24) is 29.1 Å². The van der Waals surface area contributed by atoms with E-state index in [-0.39, 0.29) is 0 Å². The van der Waals surface area contributed by atoms with E-state index in [4.69, 9.17) is 0 Å². The van der Waals surface area contributed by atoms with Crippen molar-refractivity contribution in [2.24, 2.45) is 0 Å². The maximum atomic E-state index is 4.57. The monoisotopic (exact) mass is 360 g/mol. The van der Waals surface area contributed by atoms with E-state index >= 15 is 0 Å². The molecule has 2 saturated heterocycles. The molecule has 2 fully saturated rings. The number of piperazine rings is 1. The molecule has 2 aromatic heterocycles. The van der Waals surface area contributed by atoms with Crippen LogP contribution < -0.4 is 9.80 Å². The van der Waals surface area contributed by atoms with Gasteiger partial charge in [0, 0.05) is 83.3 Å². The highest BCUT2D eigenvalue weighted by atomic mass is 32.1. The Bertz CT molecular complexity index is 676. The van der Waals surface area contributed by atoms with Crippen LogP contribution in [0.3, 0.4) is 0 Å². The van der Waals surface area contributed by atoms with Crippen molar-refractivity contribution in [3.8, 4) is 0 Å². The van der Waals surface area contributed by atoms with Crippen LogP contribution in [0.1, 0.15) is 5.82 Å². The number of hydrogen-bond acceptors (Lipinski definition) is 9. The van der Waals surface area contributed by atoms with Crippen molar-refractivity contribution < 1.29 is 0 Å². The summed E-state index contributed by atoms with van der Waals surface area (Å²) in [6.07, 6.45) is 3.62. The molecule has 25 heavy (non-hydrogen) atoms. The summed E-state index contributed by atoms with van der Waals surface area (Å²) in [6.45, 7) is 7.24. The van der Waals surface area contributed by atoms with Crippen molar-refractivity contribution in [1.29, 1.82) is 0 Å². The number of nitrogens with zero attached hydrogens (tertiary/aromatic N) is 8. The van der Waals surface area contributed by atoms with E-state index in [2.05, 4.69) is 34.0 Å². The second-order valence-electron chi connectivity index (χ2n) is 6.81. The summed E-state index contributed by atoms with van der Waals surface area (Å²) in [5.41, 5.74) is 0. The zero-order valence-electron chi connectivity index (χ0n) is 14.7. The highest BCUT2D eigenvalue weighted by Crippen LogP contribution is 2.21. The number of aromatic nitrogens is 4. The van der Waals surface area contributed by atoms with Gasteiger partial charge in [-0.3, -0.25) is 9.80 Å². The summed E-state index contributed by atoms with van der Waals surface area (Å²) in [5, 5.41) is 0.978. The molecule has 9 heteroatoms. The second kappa shape index (κ2) is 7.19. The number of rotatable bonds is 5. The van der Waals surface area contributed by atoms with Gasteiger partial charge in [-0.1, -0.05) is 0 Å². The van der Waals surface area contributed by atoms with Crippen molar-refractivity contribution in [2.45, 2.75) is 12.6 Å². The molecule has 0 radical (unpaired) electrons. The minimum Gasteiger partial charge on any atom is -0.353 e. The van der Waals surface area contributed by atoms with Crippen LogP contribution in [0.15, 0.2) is 18.5 Å². The Kier molecular flexibility index (Phi) is 4.78. The first-order valence-electron chi connectivity index (χ1n) is 8.67.